The Morgan fingerprint density at radius 2 is 2.04 bits per heavy atom. The lowest BCUT2D eigenvalue weighted by Crippen LogP contribution is -2.48. The van der Waals surface area contributed by atoms with Gasteiger partial charge in [0.15, 0.2) is 0 Å². The monoisotopic (exact) mass is 362 g/mol. The molecule has 1 fully saturated rings. The molecule has 4 heteroatoms. The second-order valence-corrected chi connectivity index (χ2v) is 7.96. The number of aryl methyl sites for hydroxylation is 2. The molecule has 0 aliphatic carbocycles. The fraction of sp³-hybridized carbons (Fsp3) is 0.391. The van der Waals surface area contributed by atoms with Crippen molar-refractivity contribution < 1.29 is 5.11 Å². The van der Waals surface area contributed by atoms with E-state index in [4.69, 9.17) is 0 Å². The van der Waals surface area contributed by atoms with Crippen LogP contribution in [0.1, 0.15) is 23.6 Å². The van der Waals surface area contributed by atoms with E-state index in [0.717, 1.165) is 30.9 Å². The Morgan fingerprint density at radius 3 is 2.70 bits per heavy atom. The third kappa shape index (κ3) is 4.32. The second kappa shape index (κ2) is 8.12. The zero-order valence-electron chi connectivity index (χ0n) is 17.0. The van der Waals surface area contributed by atoms with Gasteiger partial charge >= 0.3 is 0 Å². The minimum atomic E-state index is 0.272. The number of rotatable bonds is 7. The van der Waals surface area contributed by atoms with Crippen LogP contribution >= 0.6 is 0 Å². The van der Waals surface area contributed by atoms with Crippen LogP contribution in [0.4, 0.5) is 0 Å². The van der Waals surface area contributed by atoms with Gasteiger partial charge in [0.2, 0.25) is 0 Å². The van der Waals surface area contributed by atoms with E-state index in [-0.39, 0.29) is 5.76 Å². The minimum Gasteiger partial charge on any atom is -0.506 e. The lowest BCUT2D eigenvalue weighted by molar-refractivity contribution is 0.134. The number of nitrogens with zero attached hydrogens (tertiary/aromatic N) is 2. The van der Waals surface area contributed by atoms with Gasteiger partial charge in [-0.3, -0.25) is 0 Å². The van der Waals surface area contributed by atoms with Crippen LogP contribution in [-0.4, -0.2) is 42.4 Å². The highest BCUT2D eigenvalue weighted by atomic mass is 16.3. The fourth-order valence-corrected chi connectivity index (χ4v) is 3.91. The summed E-state index contributed by atoms with van der Waals surface area (Å²) in [7, 11) is 2.23. The molecular weight excluding hydrogens is 331 g/mol. The van der Waals surface area contributed by atoms with Crippen molar-refractivity contribution in [1.82, 2.24) is 9.80 Å². The molecule has 2 aliphatic rings. The molecule has 0 bridgehead atoms. The summed E-state index contributed by atoms with van der Waals surface area (Å²) in [5.41, 5.74) is 6.96. The van der Waals surface area contributed by atoms with Crippen molar-refractivity contribution in [2.24, 2.45) is 5.92 Å². The summed E-state index contributed by atoms with van der Waals surface area (Å²) in [6, 6.07) is 6.96. The van der Waals surface area contributed by atoms with E-state index >= 15 is 0 Å². The maximum atomic E-state index is 10.1. The lowest BCUT2D eigenvalue weighted by atomic mass is 9.88. The van der Waals surface area contributed by atoms with E-state index < -0.39 is 0 Å². The molecular formula is C23H31BN2O. The van der Waals surface area contributed by atoms with Gasteiger partial charge in [0.05, 0.1) is 12.2 Å². The van der Waals surface area contributed by atoms with Crippen LogP contribution in [0.2, 0.25) is 6.32 Å². The van der Waals surface area contributed by atoms with Gasteiger partial charge in [-0.15, -0.1) is 0 Å². The van der Waals surface area contributed by atoms with Crippen LogP contribution < -0.4 is 0 Å². The van der Waals surface area contributed by atoms with Crippen molar-refractivity contribution in [2.75, 3.05) is 19.6 Å². The van der Waals surface area contributed by atoms with Gasteiger partial charge in [0, 0.05) is 30.6 Å². The molecule has 3 nitrogen and oxygen atoms in total. The molecule has 27 heavy (non-hydrogen) atoms. The van der Waals surface area contributed by atoms with E-state index in [1.807, 2.05) is 24.1 Å². The Balaban J connectivity index is 1.50. The number of allylic oxidation sites excluding steroid dienone is 2. The average molecular weight is 362 g/mol. The number of likely N-dealkylation sites (tertiary alicyclic amines) is 1. The summed E-state index contributed by atoms with van der Waals surface area (Å²) >= 11 is 0. The Labute approximate surface area is 164 Å². The standard InChI is InChI=1S/C23H31BN2O/c1-16-8-10-25(19(4)23(16)27)13-18(3)26-14-21(15-26)12-22-6-5-20(7-9-24)11-17(22)2/h5-6,8,10-11,21,27H,1,3,7,9,12-15,24H2,2,4H3. The van der Waals surface area contributed by atoms with E-state index in [9.17, 15) is 5.11 Å². The Bertz CT molecular complexity index is 803. The molecule has 1 aromatic carbocycles. The van der Waals surface area contributed by atoms with Gasteiger partial charge < -0.3 is 14.9 Å². The predicted molar refractivity (Wildman–Crippen MR) is 116 cm³/mol. The first-order valence-corrected chi connectivity index (χ1v) is 9.94. The summed E-state index contributed by atoms with van der Waals surface area (Å²) < 4.78 is 0. The molecule has 0 spiro atoms. The molecule has 2 aliphatic heterocycles. The first kappa shape index (κ1) is 19.4. The normalized spacial score (nSPS) is 17.5. The summed E-state index contributed by atoms with van der Waals surface area (Å²) in [5, 5.41) is 10.1. The van der Waals surface area contributed by atoms with Crippen LogP contribution in [0, 0.1) is 12.8 Å². The van der Waals surface area contributed by atoms with Gasteiger partial charge in [-0.25, -0.2) is 0 Å². The molecule has 0 atom stereocenters. The SMILES string of the molecule is BCCc1ccc(CC2CN(C(=C)CN3C=CC(=C)C(O)=C3C)C2)c(C)c1. The van der Waals surface area contributed by atoms with Crippen molar-refractivity contribution in [3.05, 3.63) is 83.0 Å². The van der Waals surface area contributed by atoms with Crippen molar-refractivity contribution in [2.45, 2.75) is 33.0 Å². The highest BCUT2D eigenvalue weighted by Crippen LogP contribution is 2.28. The molecule has 0 amide bonds. The van der Waals surface area contributed by atoms with Crippen LogP contribution in [0.25, 0.3) is 0 Å². The molecule has 0 saturated carbocycles. The molecule has 1 N–H and O–H groups in total. The highest BCUT2D eigenvalue weighted by Gasteiger charge is 2.29. The minimum absolute atomic E-state index is 0.272. The average Bonchev–Trinajstić information content (AvgIpc) is 2.60. The van der Waals surface area contributed by atoms with Gasteiger partial charge in [-0.05, 0) is 55.4 Å². The third-order valence-electron chi connectivity index (χ3n) is 5.74. The molecule has 142 valence electrons. The first-order valence-electron chi connectivity index (χ1n) is 9.94. The molecule has 0 unspecified atom stereocenters. The van der Waals surface area contributed by atoms with Crippen molar-refractivity contribution in [3.63, 3.8) is 0 Å². The van der Waals surface area contributed by atoms with Gasteiger partial charge in [0.25, 0.3) is 0 Å². The molecule has 3 rings (SSSR count). The maximum Gasteiger partial charge on any atom is 0.141 e. The largest absolute Gasteiger partial charge is 0.506 e. The Kier molecular flexibility index (Phi) is 5.84. The molecule has 1 aromatic rings. The summed E-state index contributed by atoms with van der Waals surface area (Å²) in [6.45, 7) is 15.1. The quantitative estimate of drug-likeness (QED) is 0.749. The van der Waals surface area contributed by atoms with Crippen molar-refractivity contribution in [1.29, 1.82) is 0 Å². The first-order chi connectivity index (χ1) is 12.9. The van der Waals surface area contributed by atoms with Crippen LogP contribution in [0.15, 0.2) is 66.4 Å². The summed E-state index contributed by atoms with van der Waals surface area (Å²) in [6.07, 6.45) is 7.33. The van der Waals surface area contributed by atoms with E-state index in [1.54, 1.807) is 0 Å². The summed E-state index contributed by atoms with van der Waals surface area (Å²) in [4.78, 5) is 4.39. The number of aliphatic hydroxyl groups is 1. The van der Waals surface area contributed by atoms with Gasteiger partial charge in [0.1, 0.15) is 13.6 Å². The van der Waals surface area contributed by atoms with Crippen LogP contribution in [0.5, 0.6) is 0 Å². The number of aliphatic hydroxyl groups excluding tert-OH is 1. The topological polar surface area (TPSA) is 26.7 Å². The molecule has 1 saturated heterocycles. The number of hydrogen-bond donors (Lipinski definition) is 1. The Hall–Kier alpha value is -2.36. The number of benzene rings is 1. The predicted octanol–water partition coefficient (Wildman–Crippen LogP) is 3.75. The maximum absolute atomic E-state index is 10.1. The van der Waals surface area contributed by atoms with Crippen molar-refractivity contribution in [3.8, 4) is 0 Å². The van der Waals surface area contributed by atoms with E-state index in [2.05, 4.69) is 51.0 Å². The van der Waals surface area contributed by atoms with Crippen LogP contribution in [0.3, 0.4) is 0 Å². The highest BCUT2D eigenvalue weighted by molar-refractivity contribution is 6.08. The fourth-order valence-electron chi connectivity index (χ4n) is 3.91. The van der Waals surface area contributed by atoms with Gasteiger partial charge in [-0.2, -0.15) is 0 Å². The zero-order chi connectivity index (χ0) is 19.6. The third-order valence-corrected chi connectivity index (χ3v) is 5.74. The second-order valence-electron chi connectivity index (χ2n) is 7.96. The lowest BCUT2D eigenvalue weighted by Gasteiger charge is -2.43. The van der Waals surface area contributed by atoms with E-state index in [0.29, 0.717) is 18.0 Å². The van der Waals surface area contributed by atoms with Crippen LogP contribution in [-0.2, 0) is 12.8 Å². The molecule has 0 aromatic heterocycles. The molecule has 2 heterocycles. The smallest absolute Gasteiger partial charge is 0.141 e. The van der Waals surface area contributed by atoms with Crippen molar-refractivity contribution >= 4 is 7.85 Å². The molecule has 0 radical (unpaired) electrons. The zero-order valence-corrected chi connectivity index (χ0v) is 17.0. The Morgan fingerprint density at radius 1 is 1.30 bits per heavy atom. The van der Waals surface area contributed by atoms with Gasteiger partial charge in [-0.1, -0.05) is 37.7 Å². The van der Waals surface area contributed by atoms with E-state index in [1.165, 1.54) is 29.4 Å². The summed E-state index contributed by atoms with van der Waals surface area (Å²) in [5.74, 6) is 0.966. The number of hydrogen-bond acceptors (Lipinski definition) is 3.